The molecule has 25 heavy (non-hydrogen) atoms. The highest BCUT2D eigenvalue weighted by atomic mass is 16.5. The Kier molecular flexibility index (Phi) is 7.05. The van der Waals surface area contributed by atoms with Crippen molar-refractivity contribution in [2.24, 2.45) is 0 Å². The summed E-state index contributed by atoms with van der Waals surface area (Å²) in [5.74, 6) is -0.308. The minimum Gasteiger partial charge on any atom is -0.463 e. The molecule has 0 saturated carbocycles. The molecule has 0 aliphatic carbocycles. The molecule has 0 aromatic heterocycles. The van der Waals surface area contributed by atoms with Gasteiger partial charge in [-0.25, -0.2) is 4.79 Å². The first-order chi connectivity index (χ1) is 12.0. The molecule has 0 fully saturated rings. The summed E-state index contributed by atoms with van der Waals surface area (Å²) in [6.07, 6.45) is 11.4. The van der Waals surface area contributed by atoms with Crippen molar-refractivity contribution < 1.29 is 9.53 Å². The molecule has 1 heterocycles. The van der Waals surface area contributed by atoms with Crippen molar-refractivity contribution >= 4 is 17.2 Å². The van der Waals surface area contributed by atoms with E-state index in [0.29, 0.717) is 12.6 Å². The van der Waals surface area contributed by atoms with E-state index in [-0.39, 0.29) is 5.97 Å². The van der Waals surface area contributed by atoms with Crippen molar-refractivity contribution in [1.82, 2.24) is 0 Å². The van der Waals surface area contributed by atoms with Gasteiger partial charge < -0.3 is 9.64 Å². The summed E-state index contributed by atoms with van der Waals surface area (Å²) < 4.78 is 4.84. The number of hydrogen-bond acceptors (Lipinski definition) is 3. The number of esters is 1. The molecular weight excluding hydrogens is 310 g/mol. The van der Waals surface area contributed by atoms with Gasteiger partial charge in [-0.3, -0.25) is 0 Å². The number of hydrogen-bond donors (Lipinski definition) is 0. The molecule has 3 nitrogen and oxygen atoms in total. The molecule has 0 atom stereocenters. The molecule has 0 spiro atoms. The normalized spacial score (nSPS) is 15.2. The Balaban J connectivity index is 2.07. The van der Waals surface area contributed by atoms with Crippen LogP contribution in [-0.4, -0.2) is 25.2 Å². The highest BCUT2D eigenvalue weighted by Gasteiger charge is 2.19. The minimum atomic E-state index is -0.308. The number of anilines is 1. The average molecular weight is 339 g/mol. The van der Waals surface area contributed by atoms with Gasteiger partial charge in [-0.15, -0.1) is 0 Å². The Morgan fingerprint density at radius 2 is 2.08 bits per heavy atom. The molecular formula is C22H29NO2. The quantitative estimate of drug-likeness (QED) is 0.418. The molecule has 0 unspecified atom stereocenters. The van der Waals surface area contributed by atoms with Crippen LogP contribution in [0.25, 0.3) is 5.57 Å². The first-order valence-electron chi connectivity index (χ1n) is 9.11. The largest absolute Gasteiger partial charge is 0.463 e. The highest BCUT2D eigenvalue weighted by molar-refractivity contribution is 5.82. The van der Waals surface area contributed by atoms with Crippen molar-refractivity contribution in [3.05, 3.63) is 59.7 Å². The third kappa shape index (κ3) is 5.35. The van der Waals surface area contributed by atoms with Crippen molar-refractivity contribution in [1.29, 1.82) is 0 Å². The Labute approximate surface area is 151 Å². The maximum atomic E-state index is 11.2. The Hall–Kier alpha value is -2.29. The fourth-order valence-corrected chi connectivity index (χ4v) is 3.09. The van der Waals surface area contributed by atoms with E-state index in [1.54, 1.807) is 13.0 Å². The van der Waals surface area contributed by atoms with Crippen LogP contribution in [0.1, 0.15) is 45.2 Å². The van der Waals surface area contributed by atoms with E-state index in [1.165, 1.54) is 34.9 Å². The average Bonchev–Trinajstić information content (AvgIpc) is 2.60. The van der Waals surface area contributed by atoms with Gasteiger partial charge in [0, 0.05) is 24.4 Å². The highest BCUT2D eigenvalue weighted by Crippen LogP contribution is 2.31. The maximum absolute atomic E-state index is 11.2. The van der Waals surface area contributed by atoms with Gasteiger partial charge >= 0.3 is 5.97 Å². The van der Waals surface area contributed by atoms with E-state index in [2.05, 4.69) is 49.9 Å². The maximum Gasteiger partial charge on any atom is 0.330 e. The van der Waals surface area contributed by atoms with Crippen LogP contribution in [0, 0.1) is 0 Å². The topological polar surface area (TPSA) is 29.5 Å². The van der Waals surface area contributed by atoms with Gasteiger partial charge in [0.05, 0.1) is 6.61 Å². The number of carbonyl (C=O) groups is 1. The smallest absolute Gasteiger partial charge is 0.330 e. The Bertz CT molecular complexity index is 683. The van der Waals surface area contributed by atoms with E-state index < -0.39 is 0 Å². The standard InChI is InChI=1S/C22H29NO2/c1-5-25-22(24)12-8-6-7-10-18(4)19-13-14-21-20(16-19)11-9-15-23(21)17(2)3/h6-8,10,12-14,16-17H,5,9,11,15H2,1-4H3. The van der Waals surface area contributed by atoms with Crippen LogP contribution in [-0.2, 0) is 16.0 Å². The van der Waals surface area contributed by atoms with Gasteiger partial charge in [0.2, 0.25) is 0 Å². The number of fused-ring (bicyclic) bond motifs is 1. The zero-order valence-electron chi connectivity index (χ0n) is 15.8. The van der Waals surface area contributed by atoms with Gasteiger partial charge in [0.15, 0.2) is 0 Å². The molecule has 2 rings (SSSR count). The van der Waals surface area contributed by atoms with E-state index in [1.807, 2.05) is 12.2 Å². The summed E-state index contributed by atoms with van der Waals surface area (Å²) in [4.78, 5) is 13.7. The molecule has 1 aliphatic rings. The van der Waals surface area contributed by atoms with Crippen molar-refractivity contribution in [3.63, 3.8) is 0 Å². The van der Waals surface area contributed by atoms with Crippen molar-refractivity contribution in [3.8, 4) is 0 Å². The number of allylic oxidation sites excluding steroid dienone is 5. The Morgan fingerprint density at radius 3 is 2.80 bits per heavy atom. The Morgan fingerprint density at radius 1 is 1.28 bits per heavy atom. The number of ether oxygens (including phenoxy) is 1. The van der Waals surface area contributed by atoms with E-state index in [9.17, 15) is 4.79 Å². The first kappa shape index (κ1) is 19.0. The molecule has 1 aromatic carbocycles. The second-order valence-electron chi connectivity index (χ2n) is 6.58. The van der Waals surface area contributed by atoms with Crippen LogP contribution in [0.4, 0.5) is 5.69 Å². The van der Waals surface area contributed by atoms with Gasteiger partial charge in [-0.1, -0.05) is 30.4 Å². The van der Waals surface area contributed by atoms with Crippen LogP contribution in [0.15, 0.2) is 48.6 Å². The summed E-state index contributed by atoms with van der Waals surface area (Å²) in [6.45, 7) is 9.97. The molecule has 0 bridgehead atoms. The van der Waals surface area contributed by atoms with Crippen LogP contribution in [0.3, 0.4) is 0 Å². The predicted octanol–water partition coefficient (Wildman–Crippen LogP) is 4.93. The molecule has 3 heteroatoms. The summed E-state index contributed by atoms with van der Waals surface area (Å²) in [7, 11) is 0. The van der Waals surface area contributed by atoms with Gasteiger partial charge in [-0.2, -0.15) is 0 Å². The molecule has 0 amide bonds. The molecule has 1 aromatic rings. The van der Waals surface area contributed by atoms with Gasteiger partial charge in [0.1, 0.15) is 0 Å². The number of aryl methyl sites for hydroxylation is 1. The monoisotopic (exact) mass is 339 g/mol. The van der Waals surface area contributed by atoms with Crippen molar-refractivity contribution in [2.75, 3.05) is 18.1 Å². The lowest BCUT2D eigenvalue weighted by Gasteiger charge is -2.35. The van der Waals surface area contributed by atoms with Crippen LogP contribution < -0.4 is 4.90 Å². The lowest BCUT2D eigenvalue weighted by molar-refractivity contribution is -0.137. The zero-order valence-corrected chi connectivity index (χ0v) is 15.8. The lowest BCUT2D eigenvalue weighted by Crippen LogP contribution is -2.35. The summed E-state index contributed by atoms with van der Waals surface area (Å²) >= 11 is 0. The number of nitrogens with zero attached hydrogens (tertiary/aromatic N) is 1. The SMILES string of the molecule is CCOC(=O)C=CC=CC=C(C)c1ccc2c(c1)CCCN2C(C)C. The number of carbonyl (C=O) groups excluding carboxylic acids is 1. The number of benzene rings is 1. The van der Waals surface area contributed by atoms with E-state index >= 15 is 0 Å². The zero-order chi connectivity index (χ0) is 18.2. The summed E-state index contributed by atoms with van der Waals surface area (Å²) in [5, 5.41) is 0. The molecule has 0 N–H and O–H groups in total. The fourth-order valence-electron chi connectivity index (χ4n) is 3.09. The van der Waals surface area contributed by atoms with E-state index in [4.69, 9.17) is 4.74 Å². The fraction of sp³-hybridized carbons (Fsp3) is 0.409. The summed E-state index contributed by atoms with van der Waals surface area (Å²) in [5.41, 5.74) is 5.29. The second kappa shape index (κ2) is 9.26. The predicted molar refractivity (Wildman–Crippen MR) is 106 cm³/mol. The third-order valence-electron chi connectivity index (χ3n) is 4.40. The molecule has 134 valence electrons. The molecule has 0 radical (unpaired) electrons. The van der Waals surface area contributed by atoms with E-state index in [0.717, 1.165) is 13.0 Å². The second-order valence-corrected chi connectivity index (χ2v) is 6.58. The van der Waals surface area contributed by atoms with Crippen LogP contribution in [0.2, 0.25) is 0 Å². The minimum absolute atomic E-state index is 0.308. The van der Waals surface area contributed by atoms with Crippen LogP contribution in [0.5, 0.6) is 0 Å². The van der Waals surface area contributed by atoms with Crippen LogP contribution >= 0.6 is 0 Å². The lowest BCUT2D eigenvalue weighted by atomic mass is 9.95. The first-order valence-corrected chi connectivity index (χ1v) is 9.11. The molecule has 1 aliphatic heterocycles. The van der Waals surface area contributed by atoms with Gasteiger partial charge in [-0.05, 0) is 69.4 Å². The van der Waals surface area contributed by atoms with Gasteiger partial charge in [0.25, 0.3) is 0 Å². The van der Waals surface area contributed by atoms with Crippen molar-refractivity contribution in [2.45, 2.75) is 46.6 Å². The third-order valence-corrected chi connectivity index (χ3v) is 4.40. The number of rotatable bonds is 6. The molecule has 0 saturated heterocycles. The summed E-state index contributed by atoms with van der Waals surface area (Å²) in [6, 6.07) is 7.31.